The highest BCUT2D eigenvalue weighted by Gasteiger charge is 2.22. The van der Waals surface area contributed by atoms with Crippen LogP contribution in [0.4, 0.5) is 5.82 Å². The number of aryl methyl sites for hydroxylation is 1. The zero-order valence-electron chi connectivity index (χ0n) is 16.7. The normalized spacial score (nSPS) is 13.7. The van der Waals surface area contributed by atoms with Crippen molar-refractivity contribution in [1.29, 1.82) is 0 Å². The number of hydrogen-bond donors (Lipinski definition) is 0. The van der Waals surface area contributed by atoms with E-state index in [-0.39, 0.29) is 19.1 Å². The molecule has 1 fully saturated rings. The van der Waals surface area contributed by atoms with Crippen molar-refractivity contribution in [3.8, 4) is 11.5 Å². The van der Waals surface area contributed by atoms with Gasteiger partial charge in [0.25, 0.3) is 5.91 Å². The first-order valence-electron chi connectivity index (χ1n) is 9.43. The van der Waals surface area contributed by atoms with Gasteiger partial charge in [-0.05, 0) is 36.8 Å². The standard InChI is InChI=1S/C21H25N3O5/c1-16-6-7-17(18(13-16)27-2)28-15-21(26)29-14-20(25)24-11-9-23(10-12-24)19-5-3-4-8-22-19/h3-8,13H,9-12,14-15H2,1-2H3. The van der Waals surface area contributed by atoms with Crippen LogP contribution in [-0.2, 0) is 14.3 Å². The Kier molecular flexibility index (Phi) is 6.89. The van der Waals surface area contributed by atoms with E-state index in [0.717, 1.165) is 11.4 Å². The van der Waals surface area contributed by atoms with Crippen molar-refractivity contribution in [2.24, 2.45) is 0 Å². The second-order valence-corrected chi connectivity index (χ2v) is 6.66. The van der Waals surface area contributed by atoms with Gasteiger partial charge >= 0.3 is 5.97 Å². The summed E-state index contributed by atoms with van der Waals surface area (Å²) in [5.74, 6) is 1.07. The Morgan fingerprint density at radius 1 is 1.03 bits per heavy atom. The summed E-state index contributed by atoms with van der Waals surface area (Å²) in [6.07, 6.45) is 1.75. The molecule has 8 nitrogen and oxygen atoms in total. The molecule has 0 radical (unpaired) electrons. The third-order valence-electron chi connectivity index (χ3n) is 4.63. The molecular formula is C21H25N3O5. The highest BCUT2D eigenvalue weighted by atomic mass is 16.6. The maximum absolute atomic E-state index is 12.3. The molecule has 0 spiro atoms. The van der Waals surface area contributed by atoms with E-state index in [1.165, 1.54) is 7.11 Å². The van der Waals surface area contributed by atoms with Gasteiger partial charge in [-0.2, -0.15) is 0 Å². The Bertz CT molecular complexity index is 835. The van der Waals surface area contributed by atoms with Crippen LogP contribution in [0.25, 0.3) is 0 Å². The second kappa shape index (κ2) is 9.77. The van der Waals surface area contributed by atoms with E-state index in [9.17, 15) is 9.59 Å². The molecule has 0 unspecified atom stereocenters. The monoisotopic (exact) mass is 399 g/mol. The number of amides is 1. The molecule has 1 aromatic heterocycles. The van der Waals surface area contributed by atoms with Crippen molar-refractivity contribution < 1.29 is 23.8 Å². The predicted molar refractivity (Wildman–Crippen MR) is 107 cm³/mol. The average molecular weight is 399 g/mol. The van der Waals surface area contributed by atoms with Crippen LogP contribution in [0.5, 0.6) is 11.5 Å². The smallest absolute Gasteiger partial charge is 0.344 e. The predicted octanol–water partition coefficient (Wildman–Crippen LogP) is 1.67. The van der Waals surface area contributed by atoms with Gasteiger partial charge < -0.3 is 24.0 Å². The number of ether oxygens (including phenoxy) is 3. The molecule has 8 heteroatoms. The third-order valence-corrected chi connectivity index (χ3v) is 4.63. The van der Waals surface area contributed by atoms with Gasteiger partial charge in [0.05, 0.1) is 7.11 Å². The lowest BCUT2D eigenvalue weighted by Gasteiger charge is -2.35. The Morgan fingerprint density at radius 3 is 2.52 bits per heavy atom. The lowest BCUT2D eigenvalue weighted by molar-refractivity contribution is -0.153. The van der Waals surface area contributed by atoms with Crippen molar-refractivity contribution in [3.05, 3.63) is 48.2 Å². The van der Waals surface area contributed by atoms with E-state index in [0.29, 0.717) is 37.7 Å². The number of hydrogen-bond acceptors (Lipinski definition) is 7. The van der Waals surface area contributed by atoms with Gasteiger partial charge in [-0.25, -0.2) is 9.78 Å². The van der Waals surface area contributed by atoms with E-state index >= 15 is 0 Å². The van der Waals surface area contributed by atoms with Crippen LogP contribution in [0.2, 0.25) is 0 Å². The Labute approximate surface area is 170 Å². The first kappa shape index (κ1) is 20.4. The lowest BCUT2D eigenvalue weighted by Crippen LogP contribution is -2.50. The minimum atomic E-state index is -0.604. The fourth-order valence-electron chi connectivity index (χ4n) is 3.03. The molecule has 1 aliphatic rings. The maximum atomic E-state index is 12.3. The summed E-state index contributed by atoms with van der Waals surface area (Å²) in [5.41, 5.74) is 1.02. The summed E-state index contributed by atoms with van der Waals surface area (Å²) < 4.78 is 15.7. The largest absolute Gasteiger partial charge is 0.493 e. The summed E-state index contributed by atoms with van der Waals surface area (Å²) in [4.78, 5) is 32.4. The molecule has 0 saturated carbocycles. The van der Waals surface area contributed by atoms with Gasteiger partial charge in [0.2, 0.25) is 0 Å². The molecule has 3 rings (SSSR count). The molecule has 1 amide bonds. The fourth-order valence-corrected chi connectivity index (χ4v) is 3.03. The van der Waals surface area contributed by atoms with E-state index in [1.54, 1.807) is 17.2 Å². The third kappa shape index (κ3) is 5.60. The minimum absolute atomic E-state index is 0.216. The van der Waals surface area contributed by atoms with Crippen LogP contribution in [0.3, 0.4) is 0 Å². The molecule has 29 heavy (non-hydrogen) atoms. The van der Waals surface area contributed by atoms with Crippen LogP contribution in [0.1, 0.15) is 5.56 Å². The first-order valence-corrected chi connectivity index (χ1v) is 9.43. The number of esters is 1. The van der Waals surface area contributed by atoms with Gasteiger partial charge in [-0.1, -0.05) is 12.1 Å². The summed E-state index contributed by atoms with van der Waals surface area (Å²) in [5, 5.41) is 0. The van der Waals surface area contributed by atoms with E-state index in [4.69, 9.17) is 14.2 Å². The van der Waals surface area contributed by atoms with Crippen molar-refractivity contribution in [2.45, 2.75) is 6.92 Å². The van der Waals surface area contributed by atoms with Crippen molar-refractivity contribution in [2.75, 3.05) is 51.4 Å². The Balaban J connectivity index is 1.40. The molecule has 1 aromatic carbocycles. The topological polar surface area (TPSA) is 81.2 Å². The van der Waals surface area contributed by atoms with Crippen molar-refractivity contribution in [1.82, 2.24) is 9.88 Å². The van der Waals surface area contributed by atoms with Gasteiger partial charge in [-0.15, -0.1) is 0 Å². The summed E-state index contributed by atoms with van der Waals surface area (Å²) in [6, 6.07) is 11.2. The van der Waals surface area contributed by atoms with E-state index in [1.807, 2.05) is 37.3 Å². The molecular weight excluding hydrogens is 374 g/mol. The fraction of sp³-hybridized carbons (Fsp3) is 0.381. The number of piperazine rings is 1. The molecule has 0 atom stereocenters. The zero-order valence-corrected chi connectivity index (χ0v) is 16.7. The molecule has 2 heterocycles. The van der Waals surface area contributed by atoms with Gasteiger partial charge in [0, 0.05) is 32.4 Å². The SMILES string of the molecule is COc1cc(C)ccc1OCC(=O)OCC(=O)N1CCN(c2ccccn2)CC1. The number of carbonyl (C=O) groups excluding carboxylic acids is 2. The van der Waals surface area contributed by atoms with Crippen LogP contribution in [0, 0.1) is 6.92 Å². The number of rotatable bonds is 7. The first-order chi connectivity index (χ1) is 14.1. The maximum Gasteiger partial charge on any atom is 0.344 e. The van der Waals surface area contributed by atoms with E-state index in [2.05, 4.69) is 9.88 Å². The number of methoxy groups -OCH3 is 1. The van der Waals surface area contributed by atoms with Gasteiger partial charge in [0.15, 0.2) is 24.7 Å². The Hall–Kier alpha value is -3.29. The quantitative estimate of drug-likeness (QED) is 0.655. The summed E-state index contributed by atoms with van der Waals surface area (Å²) in [6.45, 7) is 3.84. The number of benzene rings is 1. The lowest BCUT2D eigenvalue weighted by atomic mass is 10.2. The molecule has 0 aliphatic carbocycles. The van der Waals surface area contributed by atoms with Crippen LogP contribution >= 0.6 is 0 Å². The molecule has 0 bridgehead atoms. The zero-order chi connectivity index (χ0) is 20.6. The molecule has 2 aromatic rings. The van der Waals surface area contributed by atoms with Crippen molar-refractivity contribution >= 4 is 17.7 Å². The molecule has 1 aliphatic heterocycles. The van der Waals surface area contributed by atoms with E-state index < -0.39 is 5.97 Å². The van der Waals surface area contributed by atoms with Gasteiger partial charge in [-0.3, -0.25) is 4.79 Å². The van der Waals surface area contributed by atoms with Crippen LogP contribution < -0.4 is 14.4 Å². The summed E-state index contributed by atoms with van der Waals surface area (Å²) >= 11 is 0. The molecule has 154 valence electrons. The number of aromatic nitrogens is 1. The number of carbonyl (C=O) groups is 2. The number of pyridine rings is 1. The van der Waals surface area contributed by atoms with Gasteiger partial charge in [0.1, 0.15) is 5.82 Å². The summed E-state index contributed by atoms with van der Waals surface area (Å²) in [7, 11) is 1.53. The van der Waals surface area contributed by atoms with Crippen LogP contribution in [-0.4, -0.2) is 68.3 Å². The highest BCUT2D eigenvalue weighted by molar-refractivity contribution is 5.81. The second-order valence-electron chi connectivity index (χ2n) is 6.66. The molecule has 1 saturated heterocycles. The molecule has 0 N–H and O–H groups in total. The number of anilines is 1. The Morgan fingerprint density at radius 2 is 1.83 bits per heavy atom. The van der Waals surface area contributed by atoms with Crippen LogP contribution in [0.15, 0.2) is 42.6 Å². The van der Waals surface area contributed by atoms with Crippen molar-refractivity contribution in [3.63, 3.8) is 0 Å². The number of nitrogens with zero attached hydrogens (tertiary/aromatic N) is 3. The minimum Gasteiger partial charge on any atom is -0.493 e. The average Bonchev–Trinajstić information content (AvgIpc) is 2.77. The highest BCUT2D eigenvalue weighted by Crippen LogP contribution is 2.27.